The smallest absolute Gasteiger partial charge is 0.320 e. The maximum absolute atomic E-state index is 11.1. The Bertz CT molecular complexity index is 175. The van der Waals surface area contributed by atoms with Gasteiger partial charge in [-0.2, -0.15) is 0 Å². The summed E-state index contributed by atoms with van der Waals surface area (Å²) in [6.45, 7) is 6.68. The lowest BCUT2D eigenvalue weighted by atomic mass is 10.1. The summed E-state index contributed by atoms with van der Waals surface area (Å²) in [5.74, 6) is -0.217. The van der Waals surface area contributed by atoms with E-state index in [0.29, 0.717) is 19.6 Å². The molecule has 0 aromatic heterocycles. The summed E-state index contributed by atoms with van der Waals surface area (Å²) in [7, 11) is 1.84. The second-order valence-corrected chi connectivity index (χ2v) is 4.11. The van der Waals surface area contributed by atoms with Gasteiger partial charge in [-0.25, -0.2) is 0 Å². The van der Waals surface area contributed by atoms with E-state index in [9.17, 15) is 9.90 Å². The normalized spacial score (nSPS) is 11.9. The van der Waals surface area contributed by atoms with Gasteiger partial charge in [0.15, 0.2) is 0 Å². The summed E-state index contributed by atoms with van der Waals surface area (Å²) in [5.41, 5.74) is -0.678. The minimum atomic E-state index is -0.678. The van der Waals surface area contributed by atoms with E-state index in [4.69, 9.17) is 4.74 Å². The number of likely N-dealkylation sites (N-methyl/N-ethyl adjacent to an activating group) is 1. The van der Waals surface area contributed by atoms with Crippen LogP contribution in [0.4, 0.5) is 0 Å². The molecule has 0 aromatic rings. The first-order valence-electron chi connectivity index (χ1n) is 4.91. The van der Waals surface area contributed by atoms with E-state index in [-0.39, 0.29) is 12.5 Å². The molecule has 0 saturated carbocycles. The van der Waals surface area contributed by atoms with Gasteiger partial charge in [-0.05, 0) is 34.2 Å². The molecule has 0 aromatic carbocycles. The Labute approximate surface area is 85.9 Å². The van der Waals surface area contributed by atoms with Gasteiger partial charge in [-0.3, -0.25) is 9.69 Å². The number of aliphatic hydroxyl groups is 1. The molecule has 0 radical (unpaired) electrons. The summed E-state index contributed by atoms with van der Waals surface area (Å²) in [6, 6.07) is 0. The van der Waals surface area contributed by atoms with Gasteiger partial charge in [-0.15, -0.1) is 0 Å². The average Bonchev–Trinajstić information content (AvgIpc) is 2.00. The third-order valence-corrected chi connectivity index (χ3v) is 1.81. The monoisotopic (exact) mass is 203 g/mol. The predicted molar refractivity (Wildman–Crippen MR) is 55.0 cm³/mol. The highest BCUT2D eigenvalue weighted by Gasteiger charge is 2.14. The van der Waals surface area contributed by atoms with Gasteiger partial charge < -0.3 is 9.84 Å². The average molecular weight is 203 g/mol. The SMILES string of the molecule is CCOC(=O)CN(C)CCC(C)(C)O. The molecule has 0 saturated heterocycles. The van der Waals surface area contributed by atoms with Gasteiger partial charge in [0, 0.05) is 6.54 Å². The van der Waals surface area contributed by atoms with Crippen molar-refractivity contribution in [3.63, 3.8) is 0 Å². The van der Waals surface area contributed by atoms with Crippen LogP contribution >= 0.6 is 0 Å². The first-order chi connectivity index (χ1) is 6.35. The Morgan fingerprint density at radius 3 is 2.50 bits per heavy atom. The van der Waals surface area contributed by atoms with E-state index in [2.05, 4.69) is 0 Å². The molecule has 1 N–H and O–H groups in total. The third kappa shape index (κ3) is 8.01. The van der Waals surface area contributed by atoms with Crippen molar-refractivity contribution in [3.8, 4) is 0 Å². The third-order valence-electron chi connectivity index (χ3n) is 1.81. The maximum atomic E-state index is 11.1. The molecule has 84 valence electrons. The Hall–Kier alpha value is -0.610. The Morgan fingerprint density at radius 1 is 1.50 bits per heavy atom. The van der Waals surface area contributed by atoms with Crippen LogP contribution in [0.5, 0.6) is 0 Å². The number of nitrogens with zero attached hydrogens (tertiary/aromatic N) is 1. The fourth-order valence-corrected chi connectivity index (χ4v) is 0.971. The number of carbonyl (C=O) groups excluding carboxylic acids is 1. The van der Waals surface area contributed by atoms with Crippen molar-refractivity contribution in [1.82, 2.24) is 4.90 Å². The van der Waals surface area contributed by atoms with Gasteiger partial charge in [0.1, 0.15) is 0 Å². The van der Waals surface area contributed by atoms with E-state index in [1.807, 2.05) is 11.9 Å². The van der Waals surface area contributed by atoms with Crippen LogP contribution in [0.1, 0.15) is 27.2 Å². The van der Waals surface area contributed by atoms with Crippen LogP contribution in [0.2, 0.25) is 0 Å². The summed E-state index contributed by atoms with van der Waals surface area (Å²) in [4.78, 5) is 12.9. The molecule has 0 atom stereocenters. The van der Waals surface area contributed by atoms with E-state index < -0.39 is 5.60 Å². The molecule has 4 heteroatoms. The number of hydrogen-bond donors (Lipinski definition) is 1. The number of ether oxygens (including phenoxy) is 1. The minimum absolute atomic E-state index is 0.217. The second-order valence-electron chi connectivity index (χ2n) is 4.11. The van der Waals surface area contributed by atoms with Crippen LogP contribution in [0.3, 0.4) is 0 Å². The molecule has 0 rings (SSSR count). The van der Waals surface area contributed by atoms with Gasteiger partial charge in [0.25, 0.3) is 0 Å². The molecule has 0 aliphatic carbocycles. The van der Waals surface area contributed by atoms with Crippen LogP contribution in [0, 0.1) is 0 Å². The molecule has 0 unspecified atom stereocenters. The number of hydrogen-bond acceptors (Lipinski definition) is 4. The van der Waals surface area contributed by atoms with Crippen molar-refractivity contribution in [3.05, 3.63) is 0 Å². The van der Waals surface area contributed by atoms with Crippen molar-refractivity contribution in [2.75, 3.05) is 26.7 Å². The second kappa shape index (κ2) is 5.98. The largest absolute Gasteiger partial charge is 0.465 e. The highest BCUT2D eigenvalue weighted by molar-refractivity contribution is 5.71. The maximum Gasteiger partial charge on any atom is 0.320 e. The molecule has 0 bridgehead atoms. The van der Waals surface area contributed by atoms with E-state index in [1.165, 1.54) is 0 Å². The lowest BCUT2D eigenvalue weighted by Crippen LogP contribution is -2.32. The van der Waals surface area contributed by atoms with E-state index in [1.54, 1.807) is 20.8 Å². The van der Waals surface area contributed by atoms with Crippen molar-refractivity contribution in [2.24, 2.45) is 0 Å². The van der Waals surface area contributed by atoms with Crippen molar-refractivity contribution < 1.29 is 14.6 Å². The van der Waals surface area contributed by atoms with Crippen LogP contribution in [0.25, 0.3) is 0 Å². The van der Waals surface area contributed by atoms with Crippen molar-refractivity contribution >= 4 is 5.97 Å². The van der Waals surface area contributed by atoms with Crippen LogP contribution < -0.4 is 0 Å². The molecule has 0 spiro atoms. The van der Waals surface area contributed by atoms with Gasteiger partial charge in [0.2, 0.25) is 0 Å². The molecule has 14 heavy (non-hydrogen) atoms. The molecular formula is C10H21NO3. The highest BCUT2D eigenvalue weighted by Crippen LogP contribution is 2.07. The minimum Gasteiger partial charge on any atom is -0.465 e. The topological polar surface area (TPSA) is 49.8 Å². The van der Waals surface area contributed by atoms with Gasteiger partial charge in [0.05, 0.1) is 18.8 Å². The number of rotatable bonds is 6. The highest BCUT2D eigenvalue weighted by atomic mass is 16.5. The van der Waals surface area contributed by atoms with Crippen molar-refractivity contribution in [2.45, 2.75) is 32.8 Å². The Balaban J connectivity index is 3.65. The summed E-state index contributed by atoms with van der Waals surface area (Å²) < 4.78 is 4.80. The quantitative estimate of drug-likeness (QED) is 0.644. The standard InChI is InChI=1S/C10H21NO3/c1-5-14-9(12)8-11(4)7-6-10(2,3)13/h13H,5-8H2,1-4H3. The van der Waals surface area contributed by atoms with Crippen molar-refractivity contribution in [1.29, 1.82) is 0 Å². The first kappa shape index (κ1) is 13.4. The van der Waals surface area contributed by atoms with Crippen LogP contribution in [-0.4, -0.2) is 48.3 Å². The first-order valence-corrected chi connectivity index (χ1v) is 4.91. The number of esters is 1. The Morgan fingerprint density at radius 2 is 2.07 bits per heavy atom. The zero-order valence-corrected chi connectivity index (χ0v) is 9.54. The molecule has 0 aliphatic heterocycles. The zero-order chi connectivity index (χ0) is 11.2. The fourth-order valence-electron chi connectivity index (χ4n) is 0.971. The molecule has 0 amide bonds. The summed E-state index contributed by atoms with van der Waals surface area (Å²) in [6.07, 6.45) is 0.642. The lowest BCUT2D eigenvalue weighted by molar-refractivity contribution is -0.144. The number of carbonyl (C=O) groups is 1. The van der Waals surface area contributed by atoms with Gasteiger partial charge >= 0.3 is 5.97 Å². The molecule has 0 fully saturated rings. The van der Waals surface area contributed by atoms with Crippen LogP contribution in [-0.2, 0) is 9.53 Å². The zero-order valence-electron chi connectivity index (χ0n) is 9.54. The van der Waals surface area contributed by atoms with E-state index in [0.717, 1.165) is 0 Å². The molecule has 4 nitrogen and oxygen atoms in total. The summed E-state index contributed by atoms with van der Waals surface area (Å²) in [5, 5.41) is 9.46. The summed E-state index contributed by atoms with van der Waals surface area (Å²) >= 11 is 0. The molecular weight excluding hydrogens is 182 g/mol. The molecule has 0 aliphatic rings. The van der Waals surface area contributed by atoms with Crippen LogP contribution in [0.15, 0.2) is 0 Å². The fraction of sp³-hybridized carbons (Fsp3) is 0.900. The Kier molecular flexibility index (Phi) is 5.72. The predicted octanol–water partition coefficient (Wildman–Crippen LogP) is 0.642. The van der Waals surface area contributed by atoms with E-state index >= 15 is 0 Å². The lowest BCUT2D eigenvalue weighted by Gasteiger charge is -2.21. The van der Waals surface area contributed by atoms with Gasteiger partial charge in [-0.1, -0.05) is 0 Å². The molecule has 0 heterocycles.